The Labute approximate surface area is 168 Å². The van der Waals surface area contributed by atoms with Crippen molar-refractivity contribution in [2.75, 3.05) is 17.7 Å². The SMILES string of the molecule is COC(=O)c1cccc(NC(=O)c2ccc(C(=O)Nc3ccc(C)cc3)cc2)c1. The van der Waals surface area contributed by atoms with Gasteiger partial charge in [0, 0.05) is 22.5 Å². The van der Waals surface area contributed by atoms with Crippen LogP contribution in [-0.4, -0.2) is 24.9 Å². The Morgan fingerprint density at radius 2 is 1.24 bits per heavy atom. The fourth-order valence-electron chi connectivity index (χ4n) is 2.66. The third kappa shape index (κ3) is 5.07. The summed E-state index contributed by atoms with van der Waals surface area (Å²) in [6, 6.07) is 20.3. The normalized spacial score (nSPS) is 10.1. The summed E-state index contributed by atoms with van der Waals surface area (Å²) in [6.07, 6.45) is 0. The quantitative estimate of drug-likeness (QED) is 0.639. The Hall–Kier alpha value is -3.93. The van der Waals surface area contributed by atoms with Gasteiger partial charge in [-0.15, -0.1) is 0 Å². The Morgan fingerprint density at radius 3 is 1.79 bits per heavy atom. The van der Waals surface area contributed by atoms with Crippen molar-refractivity contribution in [1.29, 1.82) is 0 Å². The number of carbonyl (C=O) groups excluding carboxylic acids is 3. The highest BCUT2D eigenvalue weighted by Crippen LogP contribution is 2.15. The highest BCUT2D eigenvalue weighted by molar-refractivity contribution is 6.07. The molecule has 2 amide bonds. The smallest absolute Gasteiger partial charge is 0.337 e. The molecule has 0 saturated heterocycles. The van der Waals surface area contributed by atoms with Gasteiger partial charge < -0.3 is 15.4 Å². The van der Waals surface area contributed by atoms with Crippen LogP contribution in [0.4, 0.5) is 11.4 Å². The molecule has 0 saturated carbocycles. The number of aryl methyl sites for hydroxylation is 1. The molecule has 0 aliphatic carbocycles. The second-order valence-corrected chi connectivity index (χ2v) is 6.42. The number of hydrogen-bond acceptors (Lipinski definition) is 4. The molecule has 6 nitrogen and oxygen atoms in total. The first-order chi connectivity index (χ1) is 14.0. The number of nitrogens with one attached hydrogen (secondary N) is 2. The van der Waals surface area contributed by atoms with Crippen LogP contribution in [0.1, 0.15) is 36.6 Å². The van der Waals surface area contributed by atoms with E-state index in [1.165, 1.54) is 13.2 Å². The van der Waals surface area contributed by atoms with Crippen LogP contribution in [0.2, 0.25) is 0 Å². The number of hydrogen-bond donors (Lipinski definition) is 2. The van der Waals surface area contributed by atoms with Crippen LogP contribution in [0, 0.1) is 6.92 Å². The molecular formula is C23H20N2O4. The molecule has 3 rings (SSSR count). The number of methoxy groups -OCH3 is 1. The maximum atomic E-state index is 12.4. The minimum absolute atomic E-state index is 0.258. The lowest BCUT2D eigenvalue weighted by Gasteiger charge is -2.08. The molecule has 0 unspecified atom stereocenters. The van der Waals surface area contributed by atoms with Crippen molar-refractivity contribution in [3.8, 4) is 0 Å². The Morgan fingerprint density at radius 1 is 0.690 bits per heavy atom. The first kappa shape index (κ1) is 19.8. The predicted molar refractivity (Wildman–Crippen MR) is 111 cm³/mol. The van der Waals surface area contributed by atoms with Crippen molar-refractivity contribution in [1.82, 2.24) is 0 Å². The van der Waals surface area contributed by atoms with Crippen molar-refractivity contribution in [2.24, 2.45) is 0 Å². The van der Waals surface area contributed by atoms with E-state index in [-0.39, 0.29) is 11.8 Å². The zero-order valence-corrected chi connectivity index (χ0v) is 16.1. The van der Waals surface area contributed by atoms with Gasteiger partial charge in [-0.25, -0.2) is 4.79 Å². The molecule has 6 heteroatoms. The zero-order chi connectivity index (χ0) is 20.8. The van der Waals surface area contributed by atoms with Gasteiger partial charge in [0.15, 0.2) is 0 Å². The van der Waals surface area contributed by atoms with Crippen molar-refractivity contribution in [2.45, 2.75) is 6.92 Å². The van der Waals surface area contributed by atoms with Gasteiger partial charge in [0.2, 0.25) is 0 Å². The molecule has 0 spiro atoms. The molecule has 0 radical (unpaired) electrons. The highest BCUT2D eigenvalue weighted by atomic mass is 16.5. The zero-order valence-electron chi connectivity index (χ0n) is 16.1. The molecular weight excluding hydrogens is 368 g/mol. The first-order valence-electron chi connectivity index (χ1n) is 8.94. The first-order valence-corrected chi connectivity index (χ1v) is 8.94. The monoisotopic (exact) mass is 388 g/mol. The molecule has 0 atom stereocenters. The lowest BCUT2D eigenvalue weighted by atomic mass is 10.1. The molecule has 0 heterocycles. The van der Waals surface area contributed by atoms with Gasteiger partial charge in [-0.2, -0.15) is 0 Å². The number of rotatable bonds is 5. The van der Waals surface area contributed by atoms with Crippen LogP contribution in [-0.2, 0) is 4.74 Å². The van der Waals surface area contributed by atoms with Crippen molar-refractivity contribution < 1.29 is 19.1 Å². The third-order valence-corrected chi connectivity index (χ3v) is 4.26. The summed E-state index contributed by atoms with van der Waals surface area (Å²) in [7, 11) is 1.30. The highest BCUT2D eigenvalue weighted by Gasteiger charge is 2.11. The van der Waals surface area contributed by atoms with Crippen LogP contribution < -0.4 is 10.6 Å². The van der Waals surface area contributed by atoms with E-state index in [0.29, 0.717) is 28.1 Å². The molecule has 2 N–H and O–H groups in total. The van der Waals surface area contributed by atoms with Gasteiger partial charge in [-0.3, -0.25) is 9.59 Å². The largest absolute Gasteiger partial charge is 0.465 e. The average Bonchev–Trinajstić information content (AvgIpc) is 2.75. The van der Waals surface area contributed by atoms with Gasteiger partial charge in [-0.1, -0.05) is 23.8 Å². The Balaban J connectivity index is 1.66. The second kappa shape index (κ2) is 8.84. The topological polar surface area (TPSA) is 84.5 Å². The number of anilines is 2. The fourth-order valence-corrected chi connectivity index (χ4v) is 2.66. The second-order valence-electron chi connectivity index (χ2n) is 6.42. The number of amides is 2. The summed E-state index contributed by atoms with van der Waals surface area (Å²) in [5.74, 6) is -1.09. The Bertz CT molecular complexity index is 1040. The van der Waals surface area contributed by atoms with E-state index in [0.717, 1.165) is 5.56 Å². The van der Waals surface area contributed by atoms with Crippen LogP contribution in [0.25, 0.3) is 0 Å². The number of benzene rings is 3. The summed E-state index contributed by atoms with van der Waals surface area (Å²) in [6.45, 7) is 1.97. The van der Waals surface area contributed by atoms with Gasteiger partial charge in [0.05, 0.1) is 12.7 Å². The molecule has 146 valence electrons. The van der Waals surface area contributed by atoms with Crippen LogP contribution in [0.3, 0.4) is 0 Å². The number of ether oxygens (including phenoxy) is 1. The van der Waals surface area contributed by atoms with Gasteiger partial charge in [0.1, 0.15) is 0 Å². The van der Waals surface area contributed by atoms with Gasteiger partial charge >= 0.3 is 5.97 Å². The van der Waals surface area contributed by atoms with E-state index in [9.17, 15) is 14.4 Å². The van der Waals surface area contributed by atoms with E-state index in [2.05, 4.69) is 15.4 Å². The minimum atomic E-state index is -0.481. The van der Waals surface area contributed by atoms with E-state index >= 15 is 0 Å². The van der Waals surface area contributed by atoms with Crippen molar-refractivity contribution in [3.05, 3.63) is 95.1 Å². The summed E-state index contributed by atoms with van der Waals surface area (Å²) in [5.41, 5.74) is 3.45. The number of esters is 1. The van der Waals surface area contributed by atoms with E-state index in [1.54, 1.807) is 42.5 Å². The molecule has 0 aliphatic heterocycles. The standard InChI is InChI=1S/C23H20N2O4/c1-15-6-12-19(13-7-15)24-21(26)16-8-10-17(11-9-16)22(27)25-20-5-3-4-18(14-20)23(28)29-2/h3-14H,1-2H3,(H,24,26)(H,25,27). The maximum Gasteiger partial charge on any atom is 0.337 e. The molecule has 29 heavy (non-hydrogen) atoms. The molecule has 0 fully saturated rings. The minimum Gasteiger partial charge on any atom is -0.465 e. The maximum absolute atomic E-state index is 12.4. The number of carbonyl (C=O) groups is 3. The lowest BCUT2D eigenvalue weighted by molar-refractivity contribution is 0.0600. The Kier molecular flexibility index (Phi) is 6.04. The summed E-state index contributed by atoms with van der Waals surface area (Å²) in [5, 5.41) is 5.54. The molecule has 0 aromatic heterocycles. The lowest BCUT2D eigenvalue weighted by Crippen LogP contribution is -2.14. The molecule has 0 bridgehead atoms. The van der Waals surface area contributed by atoms with Crippen molar-refractivity contribution >= 4 is 29.2 Å². The summed E-state index contributed by atoms with van der Waals surface area (Å²) < 4.78 is 4.68. The van der Waals surface area contributed by atoms with Gasteiger partial charge in [0.25, 0.3) is 11.8 Å². The van der Waals surface area contributed by atoms with E-state index in [4.69, 9.17) is 0 Å². The molecule has 0 aliphatic rings. The van der Waals surface area contributed by atoms with Crippen LogP contribution in [0.15, 0.2) is 72.8 Å². The van der Waals surface area contributed by atoms with Gasteiger partial charge in [-0.05, 0) is 61.5 Å². The predicted octanol–water partition coefficient (Wildman–Crippen LogP) is 4.29. The fraction of sp³-hybridized carbons (Fsp3) is 0.0870. The van der Waals surface area contributed by atoms with Crippen LogP contribution in [0.5, 0.6) is 0 Å². The average molecular weight is 388 g/mol. The summed E-state index contributed by atoms with van der Waals surface area (Å²) >= 11 is 0. The van der Waals surface area contributed by atoms with Crippen LogP contribution >= 0.6 is 0 Å². The molecule has 3 aromatic rings. The molecule has 3 aromatic carbocycles. The third-order valence-electron chi connectivity index (χ3n) is 4.26. The van der Waals surface area contributed by atoms with E-state index in [1.807, 2.05) is 31.2 Å². The summed E-state index contributed by atoms with van der Waals surface area (Å²) in [4.78, 5) is 36.4. The van der Waals surface area contributed by atoms with Crippen molar-refractivity contribution in [3.63, 3.8) is 0 Å². The van der Waals surface area contributed by atoms with E-state index < -0.39 is 5.97 Å².